The highest BCUT2D eigenvalue weighted by molar-refractivity contribution is 5.87. The summed E-state index contributed by atoms with van der Waals surface area (Å²) in [6.45, 7) is 0.0800. The SMILES string of the molecule is C=C(C)C(=O)OC(CO)COC(F)(F)C(F)(F)C(F)(F)C(F)(F)C(F)(C(F)(F)F)C(F)(F)F. The zero-order chi connectivity index (χ0) is 27.1. The number of rotatable bonds is 10. The second-order valence-electron chi connectivity index (χ2n) is 6.20. The van der Waals surface area contributed by atoms with Crippen molar-refractivity contribution in [1.29, 1.82) is 0 Å². The fourth-order valence-electron chi connectivity index (χ4n) is 1.78. The average molecular weight is 528 g/mol. The van der Waals surface area contributed by atoms with Gasteiger partial charge in [0, 0.05) is 5.57 Å². The number of aliphatic hydroxyl groups excluding tert-OH is 1. The topological polar surface area (TPSA) is 55.8 Å². The van der Waals surface area contributed by atoms with Crippen molar-refractivity contribution in [3.63, 3.8) is 0 Å². The van der Waals surface area contributed by atoms with Gasteiger partial charge < -0.3 is 14.6 Å². The molecule has 0 heterocycles. The van der Waals surface area contributed by atoms with Crippen LogP contribution in [-0.4, -0.2) is 72.3 Å². The molecule has 0 spiro atoms. The molecule has 0 saturated carbocycles. The number of alkyl halides is 15. The van der Waals surface area contributed by atoms with Crippen molar-refractivity contribution < 1.29 is 85.2 Å². The smallest absolute Gasteiger partial charge is 0.438 e. The summed E-state index contributed by atoms with van der Waals surface area (Å²) in [7, 11) is 0. The molecule has 33 heavy (non-hydrogen) atoms. The second kappa shape index (κ2) is 9.03. The lowest BCUT2D eigenvalue weighted by molar-refractivity contribution is -0.476. The minimum Gasteiger partial charge on any atom is -0.454 e. The summed E-state index contributed by atoms with van der Waals surface area (Å²) < 4.78 is 202. The van der Waals surface area contributed by atoms with Crippen LogP contribution in [0.3, 0.4) is 0 Å². The summed E-state index contributed by atoms with van der Waals surface area (Å²) >= 11 is 0. The first-order valence-corrected chi connectivity index (χ1v) is 7.71. The van der Waals surface area contributed by atoms with E-state index in [-0.39, 0.29) is 0 Å². The number of halogens is 15. The lowest BCUT2D eigenvalue weighted by Crippen LogP contribution is -2.75. The van der Waals surface area contributed by atoms with Crippen LogP contribution in [0.4, 0.5) is 65.9 Å². The maximum absolute atomic E-state index is 13.5. The molecule has 19 heteroatoms. The summed E-state index contributed by atoms with van der Waals surface area (Å²) in [4.78, 5) is 11.1. The van der Waals surface area contributed by atoms with Gasteiger partial charge in [-0.3, -0.25) is 0 Å². The second-order valence-corrected chi connectivity index (χ2v) is 6.20. The maximum Gasteiger partial charge on any atom is 0.438 e. The Morgan fingerprint density at radius 1 is 0.788 bits per heavy atom. The third kappa shape index (κ3) is 5.12. The highest BCUT2D eigenvalue weighted by atomic mass is 19.4. The third-order valence-corrected chi connectivity index (χ3v) is 3.64. The molecule has 0 aliphatic carbocycles. The van der Waals surface area contributed by atoms with Crippen molar-refractivity contribution >= 4 is 5.97 Å². The fourth-order valence-corrected chi connectivity index (χ4v) is 1.78. The van der Waals surface area contributed by atoms with Crippen LogP contribution in [0.25, 0.3) is 0 Å². The molecule has 0 bridgehead atoms. The highest BCUT2D eigenvalue weighted by Crippen LogP contribution is 2.63. The lowest BCUT2D eigenvalue weighted by Gasteiger charge is -2.42. The first-order valence-electron chi connectivity index (χ1n) is 7.71. The average Bonchev–Trinajstić information content (AvgIpc) is 2.61. The lowest BCUT2D eigenvalue weighted by atomic mass is 9.87. The molecular weight excluding hydrogens is 517 g/mol. The number of carbonyl (C=O) groups excluding carboxylic acids is 1. The summed E-state index contributed by atoms with van der Waals surface area (Å²) in [5, 5.41) is 8.74. The van der Waals surface area contributed by atoms with E-state index in [0.717, 1.165) is 6.92 Å². The van der Waals surface area contributed by atoms with Crippen molar-refractivity contribution in [3.05, 3.63) is 12.2 Å². The van der Waals surface area contributed by atoms with Gasteiger partial charge in [-0.1, -0.05) is 6.58 Å². The third-order valence-electron chi connectivity index (χ3n) is 3.64. The summed E-state index contributed by atoms with van der Waals surface area (Å²) in [6.07, 6.45) is -25.5. The Labute approximate surface area is 172 Å². The number of esters is 1. The van der Waals surface area contributed by atoms with Gasteiger partial charge in [0.1, 0.15) is 6.10 Å². The van der Waals surface area contributed by atoms with Gasteiger partial charge in [-0.2, -0.15) is 61.5 Å². The Morgan fingerprint density at radius 3 is 1.48 bits per heavy atom. The van der Waals surface area contributed by atoms with Crippen LogP contribution >= 0.6 is 0 Å². The largest absolute Gasteiger partial charge is 0.454 e. The molecule has 0 saturated heterocycles. The first-order chi connectivity index (χ1) is 14.3. The van der Waals surface area contributed by atoms with Gasteiger partial charge in [0.05, 0.1) is 13.2 Å². The van der Waals surface area contributed by atoms with E-state index in [1.54, 1.807) is 0 Å². The highest BCUT2D eigenvalue weighted by Gasteiger charge is 2.96. The van der Waals surface area contributed by atoms with Gasteiger partial charge in [0.2, 0.25) is 0 Å². The van der Waals surface area contributed by atoms with Gasteiger partial charge in [0.15, 0.2) is 0 Å². The normalized spacial score (nSPS) is 15.9. The van der Waals surface area contributed by atoms with Gasteiger partial charge in [-0.05, 0) is 6.92 Å². The minimum absolute atomic E-state index is 0.504. The Bertz CT molecular complexity index is 711. The molecule has 0 fully saturated rings. The molecule has 0 aromatic rings. The Balaban J connectivity index is 6.27. The van der Waals surface area contributed by atoms with Gasteiger partial charge >= 0.3 is 47.9 Å². The van der Waals surface area contributed by atoms with Crippen molar-refractivity contribution in [1.82, 2.24) is 0 Å². The van der Waals surface area contributed by atoms with Crippen LogP contribution in [0.1, 0.15) is 6.92 Å². The molecule has 0 aromatic heterocycles. The van der Waals surface area contributed by atoms with E-state index in [4.69, 9.17) is 5.11 Å². The van der Waals surface area contributed by atoms with Crippen LogP contribution in [0.5, 0.6) is 0 Å². The van der Waals surface area contributed by atoms with E-state index < -0.39 is 72.8 Å². The summed E-state index contributed by atoms with van der Waals surface area (Å²) in [6, 6.07) is 0. The Morgan fingerprint density at radius 2 is 1.18 bits per heavy atom. The number of hydrogen-bond donors (Lipinski definition) is 1. The maximum atomic E-state index is 13.5. The predicted molar refractivity (Wildman–Crippen MR) is 73.5 cm³/mol. The van der Waals surface area contributed by atoms with E-state index in [1.807, 2.05) is 0 Å². The van der Waals surface area contributed by atoms with Crippen LogP contribution in [0, 0.1) is 0 Å². The van der Waals surface area contributed by atoms with Crippen molar-refractivity contribution in [2.24, 2.45) is 0 Å². The minimum atomic E-state index is -8.57. The summed E-state index contributed by atoms with van der Waals surface area (Å²) in [5.74, 6) is -26.4. The molecular formula is C14H11F15O4. The van der Waals surface area contributed by atoms with Crippen LogP contribution < -0.4 is 0 Å². The molecule has 0 aliphatic rings. The molecule has 0 aromatic carbocycles. The fraction of sp³-hybridized carbons (Fsp3) is 0.786. The number of carbonyl (C=O) groups is 1. The van der Waals surface area contributed by atoms with Crippen LogP contribution in [-0.2, 0) is 14.3 Å². The van der Waals surface area contributed by atoms with Crippen LogP contribution in [0.15, 0.2) is 12.2 Å². The molecule has 1 unspecified atom stereocenters. The van der Waals surface area contributed by atoms with E-state index >= 15 is 0 Å². The van der Waals surface area contributed by atoms with Crippen molar-refractivity contribution in [3.8, 4) is 0 Å². The van der Waals surface area contributed by atoms with Crippen molar-refractivity contribution in [2.45, 2.75) is 54.9 Å². The molecule has 0 rings (SSSR count). The van der Waals surface area contributed by atoms with E-state index in [0.29, 0.717) is 0 Å². The Kier molecular flexibility index (Phi) is 8.50. The molecule has 0 aliphatic heterocycles. The zero-order valence-electron chi connectivity index (χ0n) is 15.5. The van der Waals surface area contributed by atoms with E-state index in [1.165, 1.54) is 0 Å². The standard InChI is InChI=1S/C14H11F15O4/c1-5(2)7(31)33-6(3-30)4-32-14(28,29)11(20,21)10(18,19)9(16,17)8(15,12(22,23)24)13(25,26)27/h6,30H,1,3-4H2,2H3. The molecule has 196 valence electrons. The molecule has 1 N–H and O–H groups in total. The monoisotopic (exact) mass is 528 g/mol. The molecule has 4 nitrogen and oxygen atoms in total. The Hall–Kier alpha value is -1.92. The molecule has 0 amide bonds. The van der Waals surface area contributed by atoms with Gasteiger partial charge in [0.25, 0.3) is 0 Å². The molecule has 1 atom stereocenters. The quantitative estimate of drug-likeness (QED) is 0.251. The van der Waals surface area contributed by atoms with Gasteiger partial charge in [-0.15, -0.1) is 0 Å². The van der Waals surface area contributed by atoms with E-state index in [2.05, 4.69) is 16.1 Å². The van der Waals surface area contributed by atoms with E-state index in [9.17, 15) is 70.7 Å². The van der Waals surface area contributed by atoms with Crippen molar-refractivity contribution in [2.75, 3.05) is 13.2 Å². The molecule has 0 radical (unpaired) electrons. The van der Waals surface area contributed by atoms with Crippen LogP contribution in [0.2, 0.25) is 0 Å². The summed E-state index contributed by atoms with van der Waals surface area (Å²) in [5.41, 5.74) is -8.92. The zero-order valence-corrected chi connectivity index (χ0v) is 15.5. The number of hydrogen-bond acceptors (Lipinski definition) is 4. The number of ether oxygens (including phenoxy) is 2. The predicted octanol–water partition coefficient (Wildman–Crippen LogP) is 4.81. The first kappa shape index (κ1) is 31.1. The number of aliphatic hydroxyl groups is 1. The van der Waals surface area contributed by atoms with Gasteiger partial charge in [-0.25, -0.2) is 9.18 Å².